The molecule has 2 amide bonds. The first kappa shape index (κ1) is 23.2. The summed E-state index contributed by atoms with van der Waals surface area (Å²) in [4.78, 5) is 26.2. The van der Waals surface area contributed by atoms with Crippen molar-refractivity contribution in [3.63, 3.8) is 0 Å². The van der Waals surface area contributed by atoms with Crippen molar-refractivity contribution in [2.75, 3.05) is 19.6 Å². The second-order valence-corrected chi connectivity index (χ2v) is 6.69. The van der Waals surface area contributed by atoms with Gasteiger partial charge in [0.15, 0.2) is 0 Å². The second-order valence-electron chi connectivity index (χ2n) is 6.69. The third-order valence-electron chi connectivity index (χ3n) is 4.72. The molecule has 3 N–H and O–H groups in total. The van der Waals surface area contributed by atoms with Crippen molar-refractivity contribution in [2.45, 2.75) is 77.7 Å². The van der Waals surface area contributed by atoms with E-state index in [0.717, 1.165) is 38.8 Å². The van der Waals surface area contributed by atoms with Gasteiger partial charge >= 0.3 is 0 Å². The van der Waals surface area contributed by atoms with Crippen LogP contribution in [0.15, 0.2) is 0 Å². The van der Waals surface area contributed by atoms with Crippen LogP contribution in [0.2, 0.25) is 0 Å². The number of hydrogen-bond donors (Lipinski definition) is 2. The Morgan fingerprint density at radius 2 is 1.67 bits per heavy atom. The maximum absolute atomic E-state index is 12.2. The zero-order valence-electron chi connectivity index (χ0n) is 15.4. The quantitative estimate of drug-likeness (QED) is 0.628. The van der Waals surface area contributed by atoms with Gasteiger partial charge < -0.3 is 16.0 Å². The lowest BCUT2D eigenvalue weighted by molar-refractivity contribution is -0.133. The SMILES string of the molecule is CCCN(CCC)C(=O)CCC(=O)NC(CN)C1CCCCC1.Cl. The highest BCUT2D eigenvalue weighted by atomic mass is 35.5. The first-order valence-electron chi connectivity index (χ1n) is 9.39. The number of hydrogen-bond acceptors (Lipinski definition) is 3. The lowest BCUT2D eigenvalue weighted by Gasteiger charge is -2.30. The number of rotatable bonds is 10. The number of carbonyl (C=O) groups excluding carboxylic acids is 2. The number of carbonyl (C=O) groups is 2. The molecular weight excluding hydrogens is 326 g/mol. The zero-order chi connectivity index (χ0) is 17.1. The summed E-state index contributed by atoms with van der Waals surface area (Å²) in [5, 5.41) is 3.06. The van der Waals surface area contributed by atoms with Crippen molar-refractivity contribution < 1.29 is 9.59 Å². The Labute approximate surface area is 153 Å². The smallest absolute Gasteiger partial charge is 0.223 e. The Hall–Kier alpha value is -0.810. The van der Waals surface area contributed by atoms with Gasteiger partial charge in [-0.1, -0.05) is 33.1 Å². The Morgan fingerprint density at radius 3 is 2.17 bits per heavy atom. The van der Waals surface area contributed by atoms with Gasteiger partial charge in [0.25, 0.3) is 0 Å². The Kier molecular flexibility index (Phi) is 13.0. The molecule has 6 heteroatoms. The van der Waals surface area contributed by atoms with Crippen LogP contribution in [0, 0.1) is 5.92 Å². The van der Waals surface area contributed by atoms with Crippen LogP contribution in [0.3, 0.4) is 0 Å². The molecule has 1 saturated carbocycles. The van der Waals surface area contributed by atoms with E-state index < -0.39 is 0 Å². The molecule has 1 rings (SSSR count). The van der Waals surface area contributed by atoms with Crippen molar-refractivity contribution >= 4 is 24.2 Å². The van der Waals surface area contributed by atoms with E-state index in [1.165, 1.54) is 19.3 Å². The van der Waals surface area contributed by atoms with Crippen molar-refractivity contribution in [1.82, 2.24) is 10.2 Å². The van der Waals surface area contributed by atoms with E-state index in [4.69, 9.17) is 5.73 Å². The van der Waals surface area contributed by atoms with E-state index in [1.54, 1.807) is 0 Å². The van der Waals surface area contributed by atoms with Gasteiger partial charge in [0.1, 0.15) is 0 Å². The van der Waals surface area contributed by atoms with Crippen molar-refractivity contribution in [2.24, 2.45) is 11.7 Å². The van der Waals surface area contributed by atoms with E-state index in [2.05, 4.69) is 19.2 Å². The van der Waals surface area contributed by atoms with Gasteiger partial charge in [-0.25, -0.2) is 0 Å². The number of nitrogens with one attached hydrogen (secondary N) is 1. The maximum Gasteiger partial charge on any atom is 0.223 e. The van der Waals surface area contributed by atoms with Crippen LogP contribution in [0.25, 0.3) is 0 Å². The molecule has 0 bridgehead atoms. The largest absolute Gasteiger partial charge is 0.352 e. The fourth-order valence-corrected chi connectivity index (χ4v) is 3.46. The van der Waals surface area contributed by atoms with E-state index in [9.17, 15) is 9.59 Å². The molecule has 0 aromatic rings. The minimum absolute atomic E-state index is 0. The van der Waals surface area contributed by atoms with Gasteiger partial charge in [0.2, 0.25) is 11.8 Å². The molecule has 0 saturated heterocycles. The van der Waals surface area contributed by atoms with Crippen LogP contribution in [0.4, 0.5) is 0 Å². The fourth-order valence-electron chi connectivity index (χ4n) is 3.46. The van der Waals surface area contributed by atoms with E-state index >= 15 is 0 Å². The first-order chi connectivity index (χ1) is 11.1. The van der Waals surface area contributed by atoms with Gasteiger partial charge in [-0.3, -0.25) is 9.59 Å². The van der Waals surface area contributed by atoms with Crippen LogP contribution in [0.1, 0.15) is 71.6 Å². The van der Waals surface area contributed by atoms with Crippen LogP contribution in [-0.2, 0) is 9.59 Å². The number of nitrogens with zero attached hydrogens (tertiary/aromatic N) is 1. The molecule has 1 atom stereocenters. The Morgan fingerprint density at radius 1 is 1.08 bits per heavy atom. The van der Waals surface area contributed by atoms with Crippen LogP contribution < -0.4 is 11.1 Å². The van der Waals surface area contributed by atoms with Crippen LogP contribution in [-0.4, -0.2) is 42.4 Å². The maximum atomic E-state index is 12.2. The summed E-state index contributed by atoms with van der Waals surface area (Å²) in [6.45, 7) is 6.18. The normalized spacial score (nSPS) is 16.1. The number of halogens is 1. The predicted octanol–water partition coefficient (Wildman–Crippen LogP) is 2.86. The standard InChI is InChI=1S/C18H35N3O2.ClH/c1-3-12-21(13-4-2)18(23)11-10-17(22)20-16(14-19)15-8-6-5-7-9-15;/h15-16H,3-14,19H2,1-2H3,(H,20,22);1H. The summed E-state index contributed by atoms with van der Waals surface area (Å²) in [7, 11) is 0. The minimum atomic E-state index is -0.0349. The molecule has 24 heavy (non-hydrogen) atoms. The lowest BCUT2D eigenvalue weighted by Crippen LogP contribution is -2.46. The summed E-state index contributed by atoms with van der Waals surface area (Å²) < 4.78 is 0. The molecule has 1 fully saturated rings. The van der Waals surface area contributed by atoms with E-state index in [1.807, 2.05) is 4.90 Å². The second kappa shape index (κ2) is 13.5. The van der Waals surface area contributed by atoms with Gasteiger partial charge in [0, 0.05) is 38.5 Å². The molecule has 142 valence electrons. The summed E-state index contributed by atoms with van der Waals surface area (Å²) in [6.07, 6.45) is 8.55. The molecule has 0 radical (unpaired) electrons. The highest BCUT2D eigenvalue weighted by molar-refractivity contribution is 5.85. The van der Waals surface area contributed by atoms with Gasteiger partial charge in [-0.2, -0.15) is 0 Å². The van der Waals surface area contributed by atoms with Gasteiger partial charge in [0.05, 0.1) is 0 Å². The molecule has 0 spiro atoms. The van der Waals surface area contributed by atoms with Crippen LogP contribution in [0.5, 0.6) is 0 Å². The molecule has 0 aromatic carbocycles. The summed E-state index contributed by atoms with van der Waals surface area (Å²) in [6, 6.07) is 0.0697. The molecule has 0 aromatic heterocycles. The molecule has 1 aliphatic rings. The van der Waals surface area contributed by atoms with E-state index in [0.29, 0.717) is 18.9 Å². The van der Waals surface area contributed by atoms with Gasteiger partial charge in [-0.05, 0) is 31.6 Å². The zero-order valence-corrected chi connectivity index (χ0v) is 16.2. The minimum Gasteiger partial charge on any atom is -0.352 e. The predicted molar refractivity (Wildman–Crippen MR) is 101 cm³/mol. The van der Waals surface area contributed by atoms with E-state index in [-0.39, 0.29) is 36.7 Å². The summed E-state index contributed by atoms with van der Waals surface area (Å²) in [5.41, 5.74) is 5.85. The molecule has 5 nitrogen and oxygen atoms in total. The first-order valence-corrected chi connectivity index (χ1v) is 9.39. The average molecular weight is 362 g/mol. The molecule has 0 heterocycles. The summed E-state index contributed by atoms with van der Waals surface area (Å²) >= 11 is 0. The average Bonchev–Trinajstić information content (AvgIpc) is 2.58. The highest BCUT2D eigenvalue weighted by Crippen LogP contribution is 2.26. The molecule has 1 unspecified atom stereocenters. The van der Waals surface area contributed by atoms with Crippen LogP contribution >= 0.6 is 12.4 Å². The van der Waals surface area contributed by atoms with Crippen molar-refractivity contribution in [3.05, 3.63) is 0 Å². The fraction of sp³-hybridized carbons (Fsp3) is 0.889. The number of nitrogens with two attached hydrogens (primary N) is 1. The molecule has 0 aliphatic heterocycles. The van der Waals surface area contributed by atoms with Crippen molar-refractivity contribution in [1.29, 1.82) is 0 Å². The van der Waals surface area contributed by atoms with Crippen molar-refractivity contribution in [3.8, 4) is 0 Å². The molecule has 1 aliphatic carbocycles. The molecular formula is C18H36ClN3O2. The Balaban J connectivity index is 0.00000529. The number of amides is 2. The topological polar surface area (TPSA) is 75.4 Å². The third kappa shape index (κ3) is 8.34. The monoisotopic (exact) mass is 361 g/mol. The lowest BCUT2D eigenvalue weighted by atomic mass is 9.84. The Bertz CT molecular complexity index is 354. The summed E-state index contributed by atoms with van der Waals surface area (Å²) in [5.74, 6) is 0.559. The highest BCUT2D eigenvalue weighted by Gasteiger charge is 2.24. The van der Waals surface area contributed by atoms with Gasteiger partial charge in [-0.15, -0.1) is 12.4 Å². The third-order valence-corrected chi connectivity index (χ3v) is 4.72.